The molecule has 594 valence electrons. The van der Waals surface area contributed by atoms with Crippen LogP contribution in [0, 0.1) is 46.3 Å². The van der Waals surface area contributed by atoms with Crippen LogP contribution in [0.2, 0.25) is 0 Å². The Morgan fingerprint density at radius 2 is 0.708 bits per heavy atom. The summed E-state index contributed by atoms with van der Waals surface area (Å²) in [4.78, 5) is 0. The molecule has 9 aromatic carbocycles. The summed E-state index contributed by atoms with van der Waals surface area (Å²) in [6.07, 6.45) is 10.8. The number of aliphatic hydroxyl groups excluding tert-OH is 1. The average Bonchev–Trinajstić information content (AvgIpc) is 1.72. The van der Waals surface area contributed by atoms with E-state index in [1.54, 1.807) is 20.3 Å². The van der Waals surface area contributed by atoms with Gasteiger partial charge in [0.15, 0.2) is 0 Å². The molecular weight excluding hydrogens is 1460 g/mol. The normalized spacial score (nSPS) is 11.9. The van der Waals surface area contributed by atoms with Crippen LogP contribution in [-0.4, -0.2) is 88.4 Å². The maximum Gasteiger partial charge on any atom is 0.259 e. The zero-order valence-corrected chi connectivity index (χ0v) is 70.6. The summed E-state index contributed by atoms with van der Waals surface area (Å²) in [6.45, 7) is 29.0. The van der Waals surface area contributed by atoms with Gasteiger partial charge in [0.05, 0.1) is 65.1 Å². The largest absolute Gasteiger partial charge is 0.497 e. The Labute approximate surface area is 683 Å². The quantitative estimate of drug-likeness (QED) is 0.0251. The van der Waals surface area contributed by atoms with Crippen molar-refractivity contribution in [2.75, 3.05) is 40.6 Å². The van der Waals surface area contributed by atoms with Gasteiger partial charge in [0.2, 0.25) is 7.65 Å². The highest BCUT2D eigenvalue weighted by atomic mass is 35.7. The summed E-state index contributed by atoms with van der Waals surface area (Å²) in [7, 11) is 1.02. The average molecular weight is 1580 g/mol. The van der Waals surface area contributed by atoms with Crippen LogP contribution in [0.25, 0.3) is 0 Å². The molecule has 0 aliphatic carbocycles. The maximum absolute atomic E-state index is 9.42. The Morgan fingerprint density at radius 1 is 0.416 bits per heavy atom. The lowest BCUT2D eigenvalue weighted by Gasteiger charge is -2.47. The van der Waals surface area contributed by atoms with E-state index in [0.29, 0.717) is 51.2 Å². The van der Waals surface area contributed by atoms with E-state index in [1.807, 2.05) is 42.5 Å². The number of rotatable bonds is 31. The second-order valence-electron chi connectivity index (χ2n) is 29.2. The Balaban J connectivity index is 0.000000246. The summed E-state index contributed by atoms with van der Waals surface area (Å²) in [5.74, 6) is 1.65. The summed E-state index contributed by atoms with van der Waals surface area (Å²) in [6, 6.07) is 101. The monoisotopic (exact) mass is 1570 g/mol. The number of aromatic nitrogens is 2. The van der Waals surface area contributed by atoms with Crippen molar-refractivity contribution in [2.24, 2.45) is 5.41 Å². The number of hydrogen-bond acceptors (Lipinski definition) is 11. The first-order chi connectivity index (χ1) is 54.1. The molecule has 0 saturated carbocycles. The van der Waals surface area contributed by atoms with Crippen molar-refractivity contribution in [1.29, 1.82) is 15.8 Å². The van der Waals surface area contributed by atoms with E-state index in [0.717, 1.165) is 34.6 Å². The molecule has 0 aliphatic rings. The maximum atomic E-state index is 9.42. The number of ether oxygens (including phenoxy) is 2. The summed E-state index contributed by atoms with van der Waals surface area (Å²) in [5, 5.41) is 34.1. The molecule has 2 heterocycles. The first-order valence-electron chi connectivity index (χ1n) is 38.5. The number of aryl methyl sites for hydroxylation is 1. The highest BCUT2D eigenvalue weighted by Crippen LogP contribution is 2.53. The molecule has 0 amide bonds. The molecule has 1 N–H and O–H groups in total. The van der Waals surface area contributed by atoms with E-state index in [4.69, 9.17) is 50.1 Å². The van der Waals surface area contributed by atoms with E-state index in [9.17, 15) is 5.11 Å². The Kier molecular flexibility index (Phi) is 38.1. The van der Waals surface area contributed by atoms with Crippen LogP contribution in [0.15, 0.2) is 292 Å². The van der Waals surface area contributed by atoms with Crippen LogP contribution < -0.4 is 9.47 Å². The van der Waals surface area contributed by atoms with Gasteiger partial charge < -0.3 is 37.3 Å². The number of nitriles is 3. The lowest BCUT2D eigenvalue weighted by atomic mass is 9.56. The molecule has 0 saturated heterocycles. The predicted molar refractivity (Wildman–Crippen MR) is 469 cm³/mol. The molecule has 2 aromatic heterocycles. The summed E-state index contributed by atoms with van der Waals surface area (Å²) >= 11 is 6.13. The molecular formula is C97H118ClN7O6P2. The van der Waals surface area contributed by atoms with Crippen LogP contribution in [0.1, 0.15) is 170 Å². The number of methoxy groups -OCH3 is 2. The van der Waals surface area contributed by atoms with Crippen molar-refractivity contribution < 1.29 is 28.2 Å². The Morgan fingerprint density at radius 3 is 1.02 bits per heavy atom. The van der Waals surface area contributed by atoms with Crippen molar-refractivity contribution >= 4 is 27.4 Å². The van der Waals surface area contributed by atoms with Gasteiger partial charge in [-0.25, -0.2) is 9.34 Å². The molecule has 13 nitrogen and oxygen atoms in total. The van der Waals surface area contributed by atoms with Crippen molar-refractivity contribution in [3.8, 4) is 29.7 Å². The van der Waals surface area contributed by atoms with Crippen molar-refractivity contribution in [3.05, 3.63) is 358 Å². The summed E-state index contributed by atoms with van der Waals surface area (Å²) in [5.41, 5.74) is 13.2. The van der Waals surface area contributed by atoms with Crippen LogP contribution in [0.4, 0.5) is 0 Å². The molecule has 0 radical (unpaired) electrons. The molecule has 0 aliphatic heterocycles. The summed E-state index contributed by atoms with van der Waals surface area (Å²) < 4.78 is 37.7. The lowest BCUT2D eigenvalue weighted by Crippen LogP contribution is -2.42. The second-order valence-corrected chi connectivity index (χ2v) is 32.7. The third kappa shape index (κ3) is 23.8. The van der Waals surface area contributed by atoms with Crippen LogP contribution in [-0.2, 0) is 42.9 Å². The molecule has 11 rings (SSSR count). The highest BCUT2D eigenvalue weighted by molar-refractivity contribution is 7.78. The SMILES string of the molecule is C.CC#N.CC(C)N(C(C)C)P(Cl)OCCC#N.COc1ccc(C(c2ccccc2)(c2ccccc2)n2ccc(CCO)c2)cc1.COc1ccc(C(c2ccccc2)(c2ccccc2)n2ccc(CCOP(OCCC#N)N(C(C)C)C(C)C)c2)cc1.Cc1ccc(C(c2ccccc2)(c2ccccc2)C(C)(C)C)cc1. The fraction of sp³-hybridized carbons (Fsp3) is 0.330. The van der Waals surface area contributed by atoms with Gasteiger partial charge in [0.25, 0.3) is 8.53 Å². The smallest absolute Gasteiger partial charge is 0.259 e. The number of benzene rings is 9. The number of halogens is 1. The number of hydrogen-bond donors (Lipinski definition) is 1. The minimum atomic E-state index is -1.28. The minimum absolute atomic E-state index is 0. The van der Waals surface area contributed by atoms with E-state index in [-0.39, 0.29) is 36.9 Å². The Bertz CT molecular complexity index is 4450. The fourth-order valence-corrected chi connectivity index (χ4v) is 18.7. The standard InChI is InChI=1S/C35H42N3O3P.C26H25NO2.C24H26.C9H18ClN2OP.C2H3N.CH4/c1-28(2)38(29(3)4)42(40-25-12-23-36)41-26-22-30-21-24-37(27-30)35(31-13-8-6-9-14-31,32-15-10-7-11-16-32)33-17-19-34(39-5)20-18-33;1-29-25-14-12-24(13-15-25)26(22-8-4-2-5-9-22,23-10-6-3-7-11-23)27-18-16-21(20-27)17-19-28;1-19-15-17-22(18-16-19)24(23(2,3)4,20-11-7-5-8-12-20)21-13-9-6-10-14-21;1-8(2)12(9(3)4)14(10)13-7-5-6-11;1-2-3;/h6-11,13-21,24,27-29H,12,22,25-26H2,1-5H3;2-16,18,20,28H,17,19H2,1H3;5-18H,1-4H3;8-9H,5,7H2,1-4H3;1H3;1H4. The van der Waals surface area contributed by atoms with Crippen molar-refractivity contribution in [3.63, 3.8) is 0 Å². The van der Waals surface area contributed by atoms with Gasteiger partial charge in [-0.15, -0.1) is 0 Å². The molecule has 11 aromatic rings. The first-order valence-corrected chi connectivity index (χ1v) is 41.7. The van der Waals surface area contributed by atoms with E-state index in [1.165, 1.54) is 57.0 Å². The van der Waals surface area contributed by atoms with Crippen LogP contribution in [0.3, 0.4) is 0 Å². The van der Waals surface area contributed by atoms with Gasteiger partial charge >= 0.3 is 0 Å². The van der Waals surface area contributed by atoms with Gasteiger partial charge in [0.1, 0.15) is 22.6 Å². The van der Waals surface area contributed by atoms with Gasteiger partial charge in [0, 0.05) is 67.9 Å². The van der Waals surface area contributed by atoms with E-state index < -0.39 is 27.3 Å². The van der Waals surface area contributed by atoms with Crippen LogP contribution >= 0.6 is 27.4 Å². The molecule has 0 spiro atoms. The Hall–Kier alpha value is -9.48. The molecule has 2 unspecified atom stereocenters. The van der Waals surface area contributed by atoms with Gasteiger partial charge in [-0.1, -0.05) is 264 Å². The molecule has 113 heavy (non-hydrogen) atoms. The van der Waals surface area contributed by atoms with Crippen LogP contribution in [0.5, 0.6) is 11.5 Å². The molecule has 2 atom stereocenters. The lowest BCUT2D eigenvalue weighted by molar-refractivity contribution is 0.177. The topological polar surface area (TPSA) is 154 Å². The van der Waals surface area contributed by atoms with Crippen molar-refractivity contribution in [1.82, 2.24) is 18.5 Å². The van der Waals surface area contributed by atoms with E-state index >= 15 is 0 Å². The van der Waals surface area contributed by atoms with Gasteiger partial charge in [-0.05, 0) is 189 Å². The van der Waals surface area contributed by atoms with E-state index in [2.05, 4.69) is 363 Å². The van der Waals surface area contributed by atoms with Gasteiger partial charge in [-0.3, -0.25) is 0 Å². The highest BCUT2D eigenvalue weighted by Gasteiger charge is 2.47. The fourth-order valence-electron chi connectivity index (χ4n) is 14.7. The third-order valence-electron chi connectivity index (χ3n) is 19.4. The molecule has 0 fully saturated rings. The molecule has 16 heteroatoms. The second kappa shape index (κ2) is 46.6. The number of nitrogens with zero attached hydrogens (tertiary/aromatic N) is 7. The zero-order chi connectivity index (χ0) is 81.1. The number of aliphatic hydroxyl groups is 1. The molecule has 0 bridgehead atoms. The zero-order valence-electron chi connectivity index (χ0n) is 68.1. The minimum Gasteiger partial charge on any atom is -0.497 e. The van der Waals surface area contributed by atoms with Crippen molar-refractivity contribution in [2.45, 2.75) is 164 Å². The predicted octanol–water partition coefficient (Wildman–Crippen LogP) is 24.1. The first kappa shape index (κ1) is 92.4. The third-order valence-corrected chi connectivity index (χ3v) is 24.0. The van der Waals surface area contributed by atoms with Gasteiger partial charge in [-0.2, -0.15) is 15.8 Å².